The Labute approximate surface area is 73.9 Å². The molecule has 0 amide bonds. The molecule has 0 aromatic heterocycles. The molecule has 1 aliphatic carbocycles. The van der Waals surface area contributed by atoms with Gasteiger partial charge in [-0.15, -0.1) is 0 Å². The van der Waals surface area contributed by atoms with E-state index in [0.717, 1.165) is 19.1 Å². The molecule has 0 bridgehead atoms. The molecule has 2 heteroatoms. The van der Waals surface area contributed by atoms with Crippen molar-refractivity contribution in [3.05, 3.63) is 0 Å². The van der Waals surface area contributed by atoms with Crippen LogP contribution in [0, 0.1) is 17.8 Å². The van der Waals surface area contributed by atoms with Gasteiger partial charge in [-0.2, -0.15) is 0 Å². The van der Waals surface area contributed by atoms with Crippen LogP contribution >= 0.6 is 0 Å². The fourth-order valence-electron chi connectivity index (χ4n) is 2.31. The maximum atomic E-state index is 9.23. The van der Waals surface area contributed by atoms with Crippen molar-refractivity contribution in [1.82, 2.24) is 0 Å². The van der Waals surface area contributed by atoms with Gasteiger partial charge >= 0.3 is 0 Å². The van der Waals surface area contributed by atoms with E-state index in [1.165, 1.54) is 25.7 Å². The van der Waals surface area contributed by atoms with Crippen molar-refractivity contribution in [3.63, 3.8) is 0 Å². The summed E-state index contributed by atoms with van der Waals surface area (Å²) in [5, 5.41) is 9.23. The largest absolute Gasteiger partial charge is 0.396 e. The van der Waals surface area contributed by atoms with Crippen LogP contribution in [-0.4, -0.2) is 24.9 Å². The summed E-state index contributed by atoms with van der Waals surface area (Å²) in [6.07, 6.45) is 5.12. The first-order valence-electron chi connectivity index (χ1n) is 5.10. The Hall–Kier alpha value is -0.0800. The van der Waals surface area contributed by atoms with Crippen LogP contribution in [0.15, 0.2) is 0 Å². The summed E-state index contributed by atoms with van der Waals surface area (Å²) in [7, 11) is 0. The Balaban J connectivity index is 1.85. The van der Waals surface area contributed by atoms with E-state index >= 15 is 0 Å². The number of ether oxygens (including phenoxy) is 1. The maximum Gasteiger partial charge on any atom is 0.0497 e. The molecule has 0 spiro atoms. The van der Waals surface area contributed by atoms with Crippen molar-refractivity contribution in [2.24, 2.45) is 17.8 Å². The van der Waals surface area contributed by atoms with Gasteiger partial charge in [-0.25, -0.2) is 0 Å². The summed E-state index contributed by atoms with van der Waals surface area (Å²) in [4.78, 5) is 0. The highest BCUT2D eigenvalue weighted by Crippen LogP contribution is 2.42. The summed E-state index contributed by atoms with van der Waals surface area (Å²) < 4.78 is 5.43. The highest BCUT2D eigenvalue weighted by atomic mass is 16.5. The van der Waals surface area contributed by atoms with Gasteiger partial charge in [-0.1, -0.05) is 0 Å². The third kappa shape index (κ3) is 1.80. The Morgan fingerprint density at radius 3 is 2.58 bits per heavy atom. The number of rotatable bonds is 3. The van der Waals surface area contributed by atoms with Gasteiger partial charge < -0.3 is 9.84 Å². The third-order valence-corrected chi connectivity index (χ3v) is 3.24. The predicted octanol–water partition coefficient (Wildman–Crippen LogP) is 1.43. The van der Waals surface area contributed by atoms with E-state index in [9.17, 15) is 5.11 Å². The normalized spacial score (nSPS) is 33.2. The van der Waals surface area contributed by atoms with Gasteiger partial charge in [0.1, 0.15) is 0 Å². The van der Waals surface area contributed by atoms with E-state index in [-0.39, 0.29) is 0 Å². The Morgan fingerprint density at radius 1 is 1.25 bits per heavy atom. The second-order valence-electron chi connectivity index (χ2n) is 4.16. The van der Waals surface area contributed by atoms with Crippen molar-refractivity contribution < 1.29 is 9.84 Å². The van der Waals surface area contributed by atoms with Crippen LogP contribution in [0.2, 0.25) is 0 Å². The van der Waals surface area contributed by atoms with Crippen LogP contribution in [-0.2, 0) is 4.74 Å². The minimum Gasteiger partial charge on any atom is -0.396 e. The summed E-state index contributed by atoms with van der Waals surface area (Å²) in [6.45, 7) is 2.19. The van der Waals surface area contributed by atoms with Crippen molar-refractivity contribution in [2.75, 3.05) is 19.8 Å². The topological polar surface area (TPSA) is 29.5 Å². The summed E-state index contributed by atoms with van der Waals surface area (Å²) in [5.41, 5.74) is 0. The molecule has 0 aromatic rings. The first-order chi connectivity index (χ1) is 5.92. The van der Waals surface area contributed by atoms with Gasteiger partial charge in [0.2, 0.25) is 0 Å². The van der Waals surface area contributed by atoms with Crippen LogP contribution < -0.4 is 0 Å². The molecule has 2 aliphatic rings. The van der Waals surface area contributed by atoms with E-state index in [1.54, 1.807) is 0 Å². The van der Waals surface area contributed by atoms with Crippen molar-refractivity contribution >= 4 is 0 Å². The van der Waals surface area contributed by atoms with Gasteiger partial charge in [0.05, 0.1) is 0 Å². The van der Waals surface area contributed by atoms with Gasteiger partial charge in [0, 0.05) is 19.8 Å². The number of hydrogen-bond acceptors (Lipinski definition) is 2. The molecule has 1 saturated carbocycles. The number of hydrogen-bond donors (Lipinski definition) is 1. The number of aliphatic hydroxyl groups is 1. The molecule has 1 N–H and O–H groups in total. The molecule has 0 radical (unpaired) electrons. The minimum atomic E-state index is 0.374. The lowest BCUT2D eigenvalue weighted by Gasteiger charge is -2.28. The molecule has 1 aliphatic heterocycles. The Bertz CT molecular complexity index is 137. The molecule has 2 fully saturated rings. The first-order valence-corrected chi connectivity index (χ1v) is 5.10. The molecular weight excluding hydrogens is 152 g/mol. The Kier molecular flexibility index (Phi) is 2.66. The zero-order chi connectivity index (χ0) is 8.39. The predicted molar refractivity (Wildman–Crippen MR) is 46.8 cm³/mol. The molecule has 2 rings (SSSR count). The summed E-state index contributed by atoms with van der Waals surface area (Å²) in [5.74, 6) is 2.02. The smallest absolute Gasteiger partial charge is 0.0497 e. The first kappa shape index (κ1) is 8.52. The van der Waals surface area contributed by atoms with Crippen LogP contribution in [0.4, 0.5) is 0 Å². The highest BCUT2D eigenvalue weighted by molar-refractivity contribution is 4.86. The molecule has 0 aromatic carbocycles. The van der Waals surface area contributed by atoms with E-state index < -0.39 is 0 Å². The monoisotopic (exact) mass is 170 g/mol. The molecule has 1 saturated heterocycles. The van der Waals surface area contributed by atoms with E-state index in [4.69, 9.17) is 4.74 Å². The average Bonchev–Trinajstić information content (AvgIpc) is 2.92. The van der Waals surface area contributed by atoms with Crippen molar-refractivity contribution in [1.29, 1.82) is 0 Å². The molecular formula is C10H18O2. The SMILES string of the molecule is OCC(C1CC1)C1CCCOC1. The van der Waals surface area contributed by atoms with Crippen LogP contribution in [0.1, 0.15) is 25.7 Å². The summed E-state index contributed by atoms with van der Waals surface area (Å²) >= 11 is 0. The highest BCUT2D eigenvalue weighted by Gasteiger charge is 2.36. The molecule has 2 unspecified atom stereocenters. The molecule has 1 heterocycles. The Morgan fingerprint density at radius 2 is 2.08 bits per heavy atom. The minimum absolute atomic E-state index is 0.374. The summed E-state index contributed by atoms with van der Waals surface area (Å²) in [6, 6.07) is 0. The van der Waals surface area contributed by atoms with Crippen molar-refractivity contribution in [2.45, 2.75) is 25.7 Å². The fourth-order valence-corrected chi connectivity index (χ4v) is 2.31. The average molecular weight is 170 g/mol. The molecule has 12 heavy (non-hydrogen) atoms. The lowest BCUT2D eigenvalue weighted by molar-refractivity contribution is 0.0104. The quantitative estimate of drug-likeness (QED) is 0.694. The lowest BCUT2D eigenvalue weighted by atomic mass is 9.85. The standard InChI is InChI=1S/C10H18O2/c11-6-10(8-3-4-8)9-2-1-5-12-7-9/h8-11H,1-7H2. The molecule has 70 valence electrons. The zero-order valence-corrected chi connectivity index (χ0v) is 7.54. The van der Waals surface area contributed by atoms with E-state index in [1.807, 2.05) is 0 Å². The van der Waals surface area contributed by atoms with E-state index in [0.29, 0.717) is 18.4 Å². The maximum absolute atomic E-state index is 9.23. The van der Waals surface area contributed by atoms with Crippen LogP contribution in [0.25, 0.3) is 0 Å². The van der Waals surface area contributed by atoms with Crippen LogP contribution in [0.5, 0.6) is 0 Å². The van der Waals surface area contributed by atoms with Gasteiger partial charge in [0.15, 0.2) is 0 Å². The lowest BCUT2D eigenvalue weighted by Crippen LogP contribution is -2.28. The third-order valence-electron chi connectivity index (χ3n) is 3.24. The number of aliphatic hydroxyl groups excluding tert-OH is 1. The second-order valence-corrected chi connectivity index (χ2v) is 4.16. The van der Waals surface area contributed by atoms with Crippen LogP contribution in [0.3, 0.4) is 0 Å². The molecule has 2 nitrogen and oxygen atoms in total. The van der Waals surface area contributed by atoms with Crippen molar-refractivity contribution in [3.8, 4) is 0 Å². The van der Waals surface area contributed by atoms with Gasteiger partial charge in [-0.3, -0.25) is 0 Å². The van der Waals surface area contributed by atoms with E-state index in [2.05, 4.69) is 0 Å². The fraction of sp³-hybridized carbons (Fsp3) is 1.00. The molecule has 2 atom stereocenters. The zero-order valence-electron chi connectivity index (χ0n) is 7.54. The second kappa shape index (κ2) is 3.75. The van der Waals surface area contributed by atoms with Gasteiger partial charge in [0.25, 0.3) is 0 Å². The van der Waals surface area contributed by atoms with Gasteiger partial charge in [-0.05, 0) is 43.4 Å².